The van der Waals surface area contributed by atoms with E-state index in [4.69, 9.17) is 4.74 Å². The number of ether oxygens (including phenoxy) is 1. The summed E-state index contributed by atoms with van der Waals surface area (Å²) in [6.07, 6.45) is 1.39. The summed E-state index contributed by atoms with van der Waals surface area (Å²) in [4.78, 5) is 15.3. The van der Waals surface area contributed by atoms with Crippen molar-refractivity contribution < 1.29 is 17.9 Å². The van der Waals surface area contributed by atoms with Gasteiger partial charge in [-0.2, -0.15) is 0 Å². The standard InChI is InChI=1S/C20H19NO4S/c1-3-25-20(22)17-13-21-19(18(17)15-7-5-4-6-8-15)26(23,24)16-11-9-14(2)10-12-16/h4-13,21H,3H2,1-2H3. The number of aromatic nitrogens is 1. The zero-order valence-electron chi connectivity index (χ0n) is 14.5. The monoisotopic (exact) mass is 369 g/mol. The van der Waals surface area contributed by atoms with E-state index in [-0.39, 0.29) is 22.1 Å². The first-order chi connectivity index (χ1) is 12.4. The van der Waals surface area contributed by atoms with Crippen molar-refractivity contribution in [2.75, 3.05) is 6.61 Å². The Kier molecular flexibility index (Phi) is 4.95. The van der Waals surface area contributed by atoms with Crippen LogP contribution in [0.5, 0.6) is 0 Å². The summed E-state index contributed by atoms with van der Waals surface area (Å²) in [5, 5.41) is -0.0180. The molecule has 0 unspecified atom stereocenters. The Morgan fingerprint density at radius 2 is 1.69 bits per heavy atom. The van der Waals surface area contributed by atoms with E-state index >= 15 is 0 Å². The number of nitrogens with one attached hydrogen (secondary N) is 1. The lowest BCUT2D eigenvalue weighted by Crippen LogP contribution is -2.07. The number of benzene rings is 2. The van der Waals surface area contributed by atoms with Crippen LogP contribution in [-0.2, 0) is 14.6 Å². The van der Waals surface area contributed by atoms with Gasteiger partial charge >= 0.3 is 5.97 Å². The zero-order chi connectivity index (χ0) is 18.7. The highest BCUT2D eigenvalue weighted by molar-refractivity contribution is 7.91. The first-order valence-corrected chi connectivity index (χ1v) is 9.69. The van der Waals surface area contributed by atoms with Crippen molar-refractivity contribution in [2.24, 2.45) is 0 Å². The predicted octanol–water partition coefficient (Wildman–Crippen LogP) is 4.00. The minimum absolute atomic E-state index is 0.0180. The van der Waals surface area contributed by atoms with Crippen LogP contribution in [0.25, 0.3) is 11.1 Å². The number of esters is 1. The zero-order valence-corrected chi connectivity index (χ0v) is 15.3. The third-order valence-corrected chi connectivity index (χ3v) is 5.75. The number of hydrogen-bond acceptors (Lipinski definition) is 4. The Balaban J connectivity index is 2.22. The molecule has 0 aliphatic carbocycles. The molecular formula is C20H19NO4S. The summed E-state index contributed by atoms with van der Waals surface area (Å²) in [7, 11) is -3.83. The second-order valence-corrected chi connectivity index (χ2v) is 7.70. The molecule has 0 atom stereocenters. The third-order valence-electron chi connectivity index (χ3n) is 4.00. The van der Waals surface area contributed by atoms with Gasteiger partial charge in [-0.25, -0.2) is 13.2 Å². The Bertz CT molecular complexity index is 1020. The van der Waals surface area contributed by atoms with E-state index in [1.54, 1.807) is 55.5 Å². The normalized spacial score (nSPS) is 11.3. The maximum absolute atomic E-state index is 13.1. The fourth-order valence-electron chi connectivity index (χ4n) is 2.71. The summed E-state index contributed by atoms with van der Waals surface area (Å²) >= 11 is 0. The van der Waals surface area contributed by atoms with Gasteiger partial charge in [0.05, 0.1) is 17.1 Å². The Morgan fingerprint density at radius 1 is 1.04 bits per heavy atom. The maximum atomic E-state index is 13.1. The molecule has 0 fully saturated rings. The molecule has 0 saturated heterocycles. The summed E-state index contributed by atoms with van der Waals surface area (Å²) < 4.78 is 31.4. The lowest BCUT2D eigenvalue weighted by atomic mass is 10.1. The first-order valence-electron chi connectivity index (χ1n) is 8.21. The first kappa shape index (κ1) is 17.9. The lowest BCUT2D eigenvalue weighted by molar-refractivity contribution is 0.0527. The Labute approximate surface area is 152 Å². The Morgan fingerprint density at radius 3 is 2.31 bits per heavy atom. The largest absolute Gasteiger partial charge is 0.462 e. The quantitative estimate of drug-likeness (QED) is 0.690. The van der Waals surface area contributed by atoms with Gasteiger partial charge in [-0.1, -0.05) is 48.0 Å². The van der Waals surface area contributed by atoms with Crippen molar-refractivity contribution in [1.29, 1.82) is 0 Å². The van der Waals surface area contributed by atoms with Gasteiger partial charge in [0, 0.05) is 11.8 Å². The van der Waals surface area contributed by atoms with Crippen LogP contribution in [0, 0.1) is 6.92 Å². The van der Waals surface area contributed by atoms with E-state index in [1.165, 1.54) is 6.20 Å². The Hall–Kier alpha value is -2.86. The van der Waals surface area contributed by atoms with Gasteiger partial charge < -0.3 is 9.72 Å². The number of aryl methyl sites for hydroxylation is 1. The molecule has 3 rings (SSSR count). The van der Waals surface area contributed by atoms with Crippen LogP contribution in [0.2, 0.25) is 0 Å². The summed E-state index contributed by atoms with van der Waals surface area (Å²) in [6.45, 7) is 3.80. The van der Waals surface area contributed by atoms with E-state index in [9.17, 15) is 13.2 Å². The fraction of sp³-hybridized carbons (Fsp3) is 0.150. The molecule has 1 heterocycles. The van der Waals surface area contributed by atoms with Gasteiger partial charge in [0.15, 0.2) is 0 Å². The van der Waals surface area contributed by atoms with Crippen molar-refractivity contribution in [3.63, 3.8) is 0 Å². The molecule has 0 spiro atoms. The molecule has 6 heteroatoms. The SMILES string of the molecule is CCOC(=O)c1c[nH]c(S(=O)(=O)c2ccc(C)cc2)c1-c1ccccc1. The van der Waals surface area contributed by atoms with Crippen LogP contribution in [0.3, 0.4) is 0 Å². The number of carbonyl (C=O) groups is 1. The molecule has 1 N–H and O–H groups in total. The number of sulfone groups is 1. The summed E-state index contributed by atoms with van der Waals surface area (Å²) in [5.41, 5.74) is 2.11. The van der Waals surface area contributed by atoms with Crippen molar-refractivity contribution in [3.05, 3.63) is 71.9 Å². The topological polar surface area (TPSA) is 76.2 Å². The number of aromatic amines is 1. The van der Waals surface area contributed by atoms with E-state index in [0.29, 0.717) is 11.1 Å². The number of rotatable bonds is 5. The van der Waals surface area contributed by atoms with Crippen LogP contribution in [0.1, 0.15) is 22.8 Å². The molecule has 0 radical (unpaired) electrons. The van der Waals surface area contributed by atoms with Crippen molar-refractivity contribution in [2.45, 2.75) is 23.8 Å². The van der Waals surface area contributed by atoms with Crippen LogP contribution in [0.15, 0.2) is 70.7 Å². The molecule has 0 bridgehead atoms. The minimum Gasteiger partial charge on any atom is -0.462 e. The molecule has 3 aromatic rings. The second kappa shape index (κ2) is 7.17. The van der Waals surface area contributed by atoms with Gasteiger partial charge in [0.25, 0.3) is 0 Å². The molecule has 5 nitrogen and oxygen atoms in total. The van der Waals surface area contributed by atoms with Gasteiger partial charge in [-0.3, -0.25) is 0 Å². The smallest absolute Gasteiger partial charge is 0.340 e. The molecule has 134 valence electrons. The maximum Gasteiger partial charge on any atom is 0.340 e. The second-order valence-electron chi connectivity index (χ2n) is 5.81. The lowest BCUT2D eigenvalue weighted by Gasteiger charge is -2.09. The molecule has 0 amide bonds. The average Bonchev–Trinajstić information content (AvgIpc) is 3.09. The van der Waals surface area contributed by atoms with Crippen LogP contribution in [-0.4, -0.2) is 26.0 Å². The van der Waals surface area contributed by atoms with Crippen molar-refractivity contribution in [1.82, 2.24) is 4.98 Å². The minimum atomic E-state index is -3.83. The third kappa shape index (κ3) is 3.28. The van der Waals surface area contributed by atoms with Gasteiger partial charge in [0.1, 0.15) is 5.03 Å². The van der Waals surface area contributed by atoms with E-state index < -0.39 is 15.8 Å². The number of carbonyl (C=O) groups excluding carboxylic acids is 1. The van der Waals surface area contributed by atoms with Gasteiger partial charge in [0.2, 0.25) is 9.84 Å². The van der Waals surface area contributed by atoms with Gasteiger partial charge in [-0.05, 0) is 31.5 Å². The van der Waals surface area contributed by atoms with Crippen molar-refractivity contribution in [3.8, 4) is 11.1 Å². The fourth-order valence-corrected chi connectivity index (χ4v) is 4.15. The van der Waals surface area contributed by atoms with E-state index in [1.807, 2.05) is 13.0 Å². The van der Waals surface area contributed by atoms with E-state index in [2.05, 4.69) is 4.98 Å². The molecular weight excluding hydrogens is 350 g/mol. The van der Waals surface area contributed by atoms with Crippen molar-refractivity contribution >= 4 is 15.8 Å². The van der Waals surface area contributed by atoms with Gasteiger partial charge in [-0.15, -0.1) is 0 Å². The molecule has 0 aliphatic heterocycles. The number of hydrogen-bond donors (Lipinski definition) is 1. The highest BCUT2D eigenvalue weighted by atomic mass is 32.2. The average molecular weight is 369 g/mol. The van der Waals surface area contributed by atoms with E-state index in [0.717, 1.165) is 5.56 Å². The molecule has 0 saturated carbocycles. The molecule has 2 aromatic carbocycles. The summed E-state index contributed by atoms with van der Waals surface area (Å²) in [6, 6.07) is 15.5. The number of H-pyrrole nitrogens is 1. The highest BCUT2D eigenvalue weighted by Gasteiger charge is 2.28. The van der Waals surface area contributed by atoms with Crippen LogP contribution >= 0.6 is 0 Å². The molecule has 0 aliphatic rings. The van der Waals surface area contributed by atoms with Crippen LogP contribution < -0.4 is 0 Å². The predicted molar refractivity (Wildman–Crippen MR) is 98.8 cm³/mol. The summed E-state index contributed by atoms with van der Waals surface area (Å²) in [5.74, 6) is -0.562. The molecule has 1 aromatic heterocycles. The molecule has 26 heavy (non-hydrogen) atoms. The van der Waals surface area contributed by atoms with Crippen LogP contribution in [0.4, 0.5) is 0 Å². The highest BCUT2D eigenvalue weighted by Crippen LogP contribution is 2.34.